The number of phenolic OH excluding ortho intramolecular Hbond substituents is 3. The highest BCUT2D eigenvalue weighted by molar-refractivity contribution is 7.64. The van der Waals surface area contributed by atoms with Gasteiger partial charge in [-0.2, -0.15) is 0 Å². The largest absolute Gasteiger partial charge is 0.508 e. The summed E-state index contributed by atoms with van der Waals surface area (Å²) in [6, 6.07) is 7.78. The lowest BCUT2D eigenvalue weighted by Crippen LogP contribution is -2.66. The number of phenols is 3. The standard InChI is InChI=1S/C100H122Cl2N13O28P/c1-50(2)19-10-8-7-9-11-20-73(120)106-82-85(123)87(125)90(98(134)135-6)142-99(82)141-89-70-43-55-44-71(89)138-66-30-25-54(41-62(66)101)83(121)81-97(133)110-79(92(128)104-31-18-32-112(4)5)60-45-56(117)46-68(139-100-88(126)86(124)84(122)72(49-116)140-100)74(60)59-40-52(23-28-64(59)118)77(94(130)111-81)107-95(131)78(55)108-96(132)80-61-47-58(48-69(75(61)102)143-144(113-33-12-13-34-113,114-35-14-15-36-114)115-37-16-17-38-115)137-67-42-53(24-29-65(67)119)76(103-3)93(129)105-63(91(127)109-80)39-51-21-26-57(136-70)27-22-51/h21-30,40-48,50,63,72,76-88,90,99-100,103,116,121-126H,7-20,31-39,49H2,1-6H3,(H10-,104,105,106,107,108,109,110,111,117,118,119,120,127,128,129,130,131,132,133)/p+1/t63-,72-,76-,77-,78-,79-,80+,81+,82-,83-,84-,85-,86+,87+,88+,90+,99-,100+/m1/s1. The third-order valence-corrected chi connectivity index (χ3v) is 31.8. The van der Waals surface area contributed by atoms with Gasteiger partial charge in [-0.05, 0) is 191 Å². The molecule has 19 N–H and O–H groups in total. The molecule has 0 spiro atoms. The fourth-order valence-electron chi connectivity index (χ4n) is 19.6. The lowest BCUT2D eigenvalue weighted by atomic mass is 9.89. The Morgan fingerprint density at radius 2 is 1.17 bits per heavy atom. The van der Waals surface area contributed by atoms with Crippen LogP contribution in [0.4, 0.5) is 0 Å². The third-order valence-electron chi connectivity index (χ3n) is 27.2. The predicted molar refractivity (Wildman–Crippen MR) is 520 cm³/mol. The number of amides is 8. The quantitative estimate of drug-likeness (QED) is 0.0156. The fourth-order valence-corrected chi connectivity index (χ4v) is 24.4. The van der Waals surface area contributed by atoms with Gasteiger partial charge in [0.25, 0.3) is 0 Å². The maximum absolute atomic E-state index is 17.4. The molecule has 7 aromatic rings. The number of aliphatic hydroxyl groups is 7. The SMILES string of the molecule is CN[C@H]1C(=O)N[C@@H]2Cc3ccc(cc3)Oc3cc4cc(c3O[C@@H]3O[C@H](C(=O)OC)[C@@H](O)[C@H](O)[C@H]3NC(=O)CCCCCCCC(C)C)Oc3ccc(cc3Cl)[C@@H](O)[C@@H]3NC(=O)[C@H](NC(=O)[C@@H]4NC(=O)[C@@H](NC2=O)c2cc(cc(O[P+](N4CCCC4)(N4CCCC4)N4CCCC4)c2Cl)Oc2cc1ccc2O)c1ccc(O)c(c1)-c1c(O[C@H]2O[C@H](CO)[C@@H](O)[C@H](O)[C@@H]2O)cc(O)cc1[C@H](C(=O)NCCCN(C)C)NC3=O. The monoisotopic (exact) mass is 2050 g/mol. The minimum atomic E-state index is -3.21. The summed E-state index contributed by atoms with van der Waals surface area (Å²) in [6.07, 6.45) is -11.3. The maximum Gasteiger partial charge on any atom is 0.417 e. The van der Waals surface area contributed by atoms with Gasteiger partial charge in [0.15, 0.2) is 29.1 Å². The number of carbonyl (C=O) groups is 9. The molecule has 0 saturated carbocycles. The number of rotatable bonds is 26. The van der Waals surface area contributed by atoms with Crippen molar-refractivity contribution >= 4 is 84.4 Å². The molecular weight excluding hydrogens is 1930 g/mol. The molecule has 11 aliphatic heterocycles. The van der Waals surface area contributed by atoms with Crippen LogP contribution < -0.4 is 76.1 Å². The normalized spacial score (nSPS) is 26.5. The number of ether oxygens (including phenoxy) is 8. The van der Waals surface area contributed by atoms with Crippen molar-refractivity contribution in [3.8, 4) is 80.1 Å². The molecule has 8 amide bonds. The van der Waals surface area contributed by atoms with Gasteiger partial charge in [0.1, 0.15) is 126 Å². The first kappa shape index (κ1) is 105. The fraction of sp³-hybridized carbons (Fsp3) is 0.490. The van der Waals surface area contributed by atoms with Crippen molar-refractivity contribution in [1.29, 1.82) is 0 Å². The Morgan fingerprint density at radius 1 is 0.556 bits per heavy atom. The topological polar surface area (TPSA) is 560 Å². The minimum absolute atomic E-state index is 0.0710. The molecule has 18 atom stereocenters. The summed E-state index contributed by atoms with van der Waals surface area (Å²) in [5.41, 5.74) is -2.16. The molecule has 144 heavy (non-hydrogen) atoms. The van der Waals surface area contributed by atoms with Gasteiger partial charge in [0.05, 0.1) is 23.8 Å². The van der Waals surface area contributed by atoms with Crippen molar-refractivity contribution in [2.45, 2.75) is 220 Å². The first-order valence-corrected chi connectivity index (χ1v) is 50.9. The van der Waals surface area contributed by atoms with E-state index in [1.807, 2.05) is 4.90 Å². The van der Waals surface area contributed by atoms with Crippen LogP contribution in [0.5, 0.6) is 69.0 Å². The molecule has 18 rings (SSSR count). The molecule has 11 aliphatic rings. The third kappa shape index (κ3) is 23.0. The lowest BCUT2D eigenvalue weighted by Gasteiger charge is -2.41. The van der Waals surface area contributed by atoms with E-state index < -0.39 is 245 Å². The molecule has 17 bridgehead atoms. The first-order valence-electron chi connectivity index (χ1n) is 48.5. The van der Waals surface area contributed by atoms with Crippen LogP contribution in [-0.4, -0.2) is 284 Å². The summed E-state index contributed by atoms with van der Waals surface area (Å²) in [5, 5.41) is 143. The van der Waals surface area contributed by atoms with Gasteiger partial charge in [0, 0.05) is 87.5 Å². The van der Waals surface area contributed by atoms with Gasteiger partial charge in [-0.25, -0.2) is 4.79 Å². The Bertz CT molecular complexity index is 5860. The van der Waals surface area contributed by atoms with Crippen LogP contribution in [0.25, 0.3) is 11.1 Å². The van der Waals surface area contributed by atoms with Crippen molar-refractivity contribution in [3.05, 3.63) is 164 Å². The average molecular weight is 2060 g/mol. The van der Waals surface area contributed by atoms with Gasteiger partial charge in [-0.3, -0.25) is 42.9 Å². The van der Waals surface area contributed by atoms with Crippen LogP contribution in [0.3, 0.4) is 0 Å². The van der Waals surface area contributed by atoms with Crippen molar-refractivity contribution in [1.82, 2.24) is 66.8 Å². The minimum Gasteiger partial charge on any atom is -0.508 e. The summed E-state index contributed by atoms with van der Waals surface area (Å²) in [4.78, 5) is 145. The molecule has 44 heteroatoms. The number of halogens is 2. The molecule has 41 nitrogen and oxygen atoms in total. The number of nitrogens with one attached hydrogen (secondary N) is 9. The van der Waals surface area contributed by atoms with Crippen LogP contribution in [0.2, 0.25) is 10.0 Å². The van der Waals surface area contributed by atoms with Gasteiger partial charge >= 0.3 is 13.9 Å². The van der Waals surface area contributed by atoms with E-state index in [1.54, 1.807) is 14.1 Å². The Hall–Kier alpha value is -11.6. The van der Waals surface area contributed by atoms with Crippen LogP contribution in [0.1, 0.15) is 179 Å². The summed E-state index contributed by atoms with van der Waals surface area (Å²) in [5.74, 6) is -15.0. The van der Waals surface area contributed by atoms with Crippen LogP contribution in [0.15, 0.2) is 115 Å². The van der Waals surface area contributed by atoms with Crippen molar-refractivity contribution in [3.63, 3.8) is 0 Å². The molecule has 0 aliphatic carbocycles. The number of esters is 1. The van der Waals surface area contributed by atoms with E-state index in [9.17, 15) is 60.7 Å². The van der Waals surface area contributed by atoms with Gasteiger partial charge < -0.3 is 142 Å². The highest BCUT2D eigenvalue weighted by Crippen LogP contribution is 2.71. The van der Waals surface area contributed by atoms with Gasteiger partial charge in [0.2, 0.25) is 71.3 Å². The second kappa shape index (κ2) is 46.0. The molecule has 0 radical (unpaired) electrons. The van der Waals surface area contributed by atoms with Crippen molar-refractivity contribution in [2.75, 3.05) is 87.2 Å². The van der Waals surface area contributed by atoms with E-state index in [4.69, 9.17) is 65.6 Å². The van der Waals surface area contributed by atoms with E-state index in [0.29, 0.717) is 76.6 Å². The van der Waals surface area contributed by atoms with Gasteiger partial charge in [-0.15, -0.1) is 14.0 Å². The van der Waals surface area contributed by atoms with E-state index in [-0.39, 0.29) is 75.4 Å². The highest BCUT2D eigenvalue weighted by atomic mass is 35.5. The van der Waals surface area contributed by atoms with E-state index in [2.05, 4.69) is 75.7 Å². The van der Waals surface area contributed by atoms with Gasteiger partial charge in [-0.1, -0.05) is 99.5 Å². The number of methoxy groups -OCH3 is 1. The Labute approximate surface area is 840 Å². The Balaban J connectivity index is 0.937. The lowest BCUT2D eigenvalue weighted by molar-refractivity contribution is -0.277. The number of fused-ring (bicyclic) bond motifs is 14. The molecule has 7 aromatic carbocycles. The van der Waals surface area contributed by atoms with Crippen LogP contribution in [-0.2, 0) is 63.8 Å². The smallest absolute Gasteiger partial charge is 0.417 e. The highest BCUT2D eigenvalue weighted by Gasteiger charge is 2.63. The number of aliphatic hydroxyl groups excluding tert-OH is 7. The zero-order valence-corrected chi connectivity index (χ0v) is 82.6. The zero-order chi connectivity index (χ0) is 102. The Kier molecular flexibility index (Phi) is 33.6. The number of benzene rings is 7. The molecule has 0 unspecified atom stereocenters. The average Bonchev–Trinajstić information content (AvgIpc) is 1.56. The van der Waals surface area contributed by atoms with E-state index in [0.717, 1.165) is 120 Å². The molecule has 11 heterocycles. The second-order valence-corrected chi connectivity index (χ2v) is 41.8. The predicted octanol–water partition coefficient (Wildman–Crippen LogP) is 6.50. The summed E-state index contributed by atoms with van der Waals surface area (Å²) in [7, 11) is 2.83. The number of hydrogen-bond acceptors (Lipinski definition) is 33. The number of hydrogen-bond donors (Lipinski definition) is 19. The van der Waals surface area contributed by atoms with Crippen molar-refractivity contribution < 1.29 is 137 Å². The summed E-state index contributed by atoms with van der Waals surface area (Å²) >= 11 is 15.5. The van der Waals surface area contributed by atoms with E-state index in [1.165, 1.54) is 73.8 Å². The maximum atomic E-state index is 17.4. The van der Waals surface area contributed by atoms with Crippen molar-refractivity contribution in [2.24, 2.45) is 5.92 Å². The molecule has 774 valence electrons. The summed E-state index contributed by atoms with van der Waals surface area (Å²) in [6.45, 7) is 7.33. The van der Waals surface area contributed by atoms with E-state index >= 15 is 33.6 Å². The molecular formula is C100H123Cl2N13O28P+. The number of nitrogens with zero attached hydrogens (tertiary/aromatic N) is 4. The Morgan fingerprint density at radius 3 is 1.83 bits per heavy atom. The molecule has 0 aromatic heterocycles. The van der Waals surface area contributed by atoms with Crippen LogP contribution in [0, 0.1) is 5.92 Å². The van der Waals surface area contributed by atoms with Crippen LogP contribution >= 0.6 is 31.1 Å². The first-order chi connectivity index (χ1) is 69.1. The number of likely N-dealkylation sites (N-methyl/N-ethyl adjacent to an activating group) is 1. The number of carbonyl (C=O) groups excluding carboxylic acids is 9. The summed E-state index contributed by atoms with van der Waals surface area (Å²) < 4.78 is 66.1. The zero-order valence-electron chi connectivity index (χ0n) is 80.2. The number of aromatic hydroxyl groups is 3. The molecule has 5 saturated heterocycles. The molecule has 5 fully saturated rings. The number of unbranched alkanes of at least 4 members (excludes halogenated alkanes) is 4. The second-order valence-electron chi connectivity index (χ2n) is 38.1.